The summed E-state index contributed by atoms with van der Waals surface area (Å²) in [5, 5.41) is 10.1. The Morgan fingerprint density at radius 2 is 1.82 bits per heavy atom. The molecule has 0 atom stereocenters. The summed E-state index contributed by atoms with van der Waals surface area (Å²) in [4.78, 5) is 16.5. The molecule has 4 aromatic rings. The fourth-order valence-corrected chi connectivity index (χ4v) is 4.65. The van der Waals surface area contributed by atoms with Gasteiger partial charge in [0.15, 0.2) is 0 Å². The number of hydrogen-bond donors (Lipinski definition) is 0. The quantitative estimate of drug-likeness (QED) is 0.526. The predicted octanol–water partition coefficient (Wildman–Crippen LogP) is 4.02. The molecular formula is C21H23N5OS. The van der Waals surface area contributed by atoms with Crippen molar-refractivity contribution in [2.24, 2.45) is 7.05 Å². The second kappa shape index (κ2) is 6.91. The van der Waals surface area contributed by atoms with Crippen molar-refractivity contribution in [3.63, 3.8) is 0 Å². The van der Waals surface area contributed by atoms with Gasteiger partial charge in [0.05, 0.1) is 22.0 Å². The van der Waals surface area contributed by atoms with Crippen molar-refractivity contribution in [3.05, 3.63) is 63.9 Å². The summed E-state index contributed by atoms with van der Waals surface area (Å²) >= 11 is 1.49. The lowest BCUT2D eigenvalue weighted by atomic mass is 10.2. The first kappa shape index (κ1) is 18.4. The third-order valence-electron chi connectivity index (χ3n) is 5.09. The second-order valence-electron chi connectivity index (χ2n) is 7.10. The molecule has 0 aliphatic heterocycles. The van der Waals surface area contributed by atoms with E-state index in [1.54, 1.807) is 4.90 Å². The third kappa shape index (κ3) is 3.01. The number of benzene rings is 1. The van der Waals surface area contributed by atoms with Gasteiger partial charge in [-0.25, -0.2) is 4.68 Å². The van der Waals surface area contributed by atoms with Crippen LogP contribution in [-0.2, 0) is 13.6 Å². The highest BCUT2D eigenvalue weighted by atomic mass is 32.1. The van der Waals surface area contributed by atoms with E-state index in [1.165, 1.54) is 11.3 Å². The summed E-state index contributed by atoms with van der Waals surface area (Å²) in [5.74, 6) is 0.0202. The number of aromatic nitrogens is 4. The van der Waals surface area contributed by atoms with Crippen LogP contribution in [0.5, 0.6) is 0 Å². The average Bonchev–Trinajstić information content (AvgIpc) is 3.32. The van der Waals surface area contributed by atoms with Gasteiger partial charge in [0, 0.05) is 37.3 Å². The van der Waals surface area contributed by atoms with E-state index in [9.17, 15) is 4.79 Å². The highest BCUT2D eigenvalue weighted by Crippen LogP contribution is 2.29. The number of aryl methyl sites for hydroxylation is 3. The van der Waals surface area contributed by atoms with Gasteiger partial charge in [0.25, 0.3) is 5.91 Å². The van der Waals surface area contributed by atoms with E-state index >= 15 is 0 Å². The van der Waals surface area contributed by atoms with Crippen molar-refractivity contribution in [1.82, 2.24) is 24.5 Å². The zero-order valence-electron chi connectivity index (χ0n) is 16.7. The molecule has 4 rings (SSSR count). The summed E-state index contributed by atoms with van der Waals surface area (Å²) in [7, 11) is 3.76. The Morgan fingerprint density at radius 3 is 2.50 bits per heavy atom. The molecule has 3 aromatic heterocycles. The number of carbonyl (C=O) groups is 1. The molecule has 0 aliphatic carbocycles. The molecule has 1 amide bonds. The molecule has 0 radical (unpaired) electrons. The van der Waals surface area contributed by atoms with Crippen LogP contribution in [0.4, 0.5) is 0 Å². The first-order chi connectivity index (χ1) is 13.4. The van der Waals surface area contributed by atoms with Crippen molar-refractivity contribution in [2.45, 2.75) is 27.3 Å². The third-order valence-corrected chi connectivity index (χ3v) is 6.28. The Bertz CT molecular complexity index is 1130. The van der Waals surface area contributed by atoms with Crippen molar-refractivity contribution in [2.75, 3.05) is 7.05 Å². The molecule has 144 valence electrons. The summed E-state index contributed by atoms with van der Waals surface area (Å²) in [5.41, 5.74) is 5.05. The molecule has 3 heterocycles. The Labute approximate surface area is 168 Å². The second-order valence-corrected chi connectivity index (χ2v) is 8.13. The van der Waals surface area contributed by atoms with E-state index in [2.05, 4.69) is 17.1 Å². The van der Waals surface area contributed by atoms with Gasteiger partial charge in [0.1, 0.15) is 4.83 Å². The minimum atomic E-state index is 0.0202. The smallest absolute Gasteiger partial charge is 0.264 e. The van der Waals surface area contributed by atoms with Gasteiger partial charge in [-0.3, -0.25) is 9.48 Å². The van der Waals surface area contributed by atoms with Crippen LogP contribution >= 0.6 is 11.3 Å². The van der Waals surface area contributed by atoms with E-state index in [-0.39, 0.29) is 5.91 Å². The van der Waals surface area contributed by atoms with Crippen molar-refractivity contribution < 1.29 is 4.79 Å². The zero-order valence-corrected chi connectivity index (χ0v) is 17.5. The Morgan fingerprint density at radius 1 is 1.11 bits per heavy atom. The van der Waals surface area contributed by atoms with E-state index in [0.717, 1.165) is 43.4 Å². The van der Waals surface area contributed by atoms with Crippen LogP contribution < -0.4 is 0 Å². The highest BCUT2D eigenvalue weighted by molar-refractivity contribution is 7.20. The van der Waals surface area contributed by atoms with Crippen LogP contribution in [0.3, 0.4) is 0 Å². The van der Waals surface area contributed by atoms with Gasteiger partial charge in [-0.1, -0.05) is 18.2 Å². The van der Waals surface area contributed by atoms with Crippen LogP contribution in [-0.4, -0.2) is 37.4 Å². The number of para-hydroxylation sites is 1. The topological polar surface area (TPSA) is 56.0 Å². The summed E-state index contributed by atoms with van der Waals surface area (Å²) in [6.45, 7) is 6.54. The lowest BCUT2D eigenvalue weighted by Crippen LogP contribution is -2.26. The van der Waals surface area contributed by atoms with Crippen molar-refractivity contribution >= 4 is 27.5 Å². The maximum Gasteiger partial charge on any atom is 0.264 e. The number of carbonyl (C=O) groups excluding carboxylic acids is 1. The fraction of sp³-hybridized carbons (Fsp3) is 0.286. The van der Waals surface area contributed by atoms with Crippen molar-refractivity contribution in [3.8, 4) is 5.69 Å². The summed E-state index contributed by atoms with van der Waals surface area (Å²) in [6.07, 6.45) is 0. The summed E-state index contributed by atoms with van der Waals surface area (Å²) < 4.78 is 3.78. The first-order valence-corrected chi connectivity index (χ1v) is 9.97. The maximum absolute atomic E-state index is 13.0. The number of rotatable bonds is 4. The predicted molar refractivity (Wildman–Crippen MR) is 112 cm³/mol. The molecule has 0 bridgehead atoms. The molecule has 0 saturated heterocycles. The SMILES string of the molecule is Cc1nn(-c2ccccc2)c(C)c1CN(C)C(=O)c1cc2c(C)nn(C)c2s1. The van der Waals surface area contributed by atoms with E-state index in [1.807, 2.05) is 73.7 Å². The normalized spacial score (nSPS) is 11.3. The Hall–Kier alpha value is -2.93. The lowest BCUT2D eigenvalue weighted by Gasteiger charge is -2.16. The van der Waals surface area contributed by atoms with Gasteiger partial charge >= 0.3 is 0 Å². The molecule has 0 N–H and O–H groups in total. The molecule has 0 fully saturated rings. The van der Waals surface area contributed by atoms with Crippen molar-refractivity contribution in [1.29, 1.82) is 0 Å². The highest BCUT2D eigenvalue weighted by Gasteiger charge is 2.21. The first-order valence-electron chi connectivity index (χ1n) is 9.16. The standard InChI is InChI=1S/C21H23N5OS/c1-13-17-11-19(28-21(17)25(5)22-13)20(27)24(4)12-18-14(2)23-26(15(18)3)16-9-7-6-8-10-16/h6-11H,12H2,1-5H3. The molecule has 0 saturated carbocycles. The monoisotopic (exact) mass is 393 g/mol. The van der Waals surface area contributed by atoms with Gasteiger partial charge in [-0.05, 0) is 39.0 Å². The number of amides is 1. The van der Waals surface area contributed by atoms with Gasteiger partial charge in [0.2, 0.25) is 0 Å². The Balaban J connectivity index is 1.61. The molecule has 7 heteroatoms. The molecular weight excluding hydrogens is 370 g/mol. The number of hydrogen-bond acceptors (Lipinski definition) is 4. The zero-order chi connectivity index (χ0) is 20.0. The molecule has 0 aliphatic rings. The molecule has 0 unspecified atom stereocenters. The largest absolute Gasteiger partial charge is 0.337 e. The molecule has 1 aromatic carbocycles. The number of nitrogens with zero attached hydrogens (tertiary/aromatic N) is 5. The van der Waals surface area contributed by atoms with Crippen LogP contribution in [0.15, 0.2) is 36.4 Å². The minimum absolute atomic E-state index is 0.0202. The molecule has 6 nitrogen and oxygen atoms in total. The number of fused-ring (bicyclic) bond motifs is 1. The molecule has 28 heavy (non-hydrogen) atoms. The van der Waals surface area contributed by atoms with E-state index in [4.69, 9.17) is 0 Å². The van der Waals surface area contributed by atoms with E-state index < -0.39 is 0 Å². The van der Waals surface area contributed by atoms with E-state index in [0.29, 0.717) is 6.54 Å². The minimum Gasteiger partial charge on any atom is -0.337 e. The Kier molecular flexibility index (Phi) is 4.55. The maximum atomic E-state index is 13.0. The fourth-order valence-electron chi connectivity index (χ4n) is 3.53. The average molecular weight is 394 g/mol. The van der Waals surface area contributed by atoms with Gasteiger partial charge in [-0.2, -0.15) is 10.2 Å². The van der Waals surface area contributed by atoms with Crippen LogP contribution in [0, 0.1) is 20.8 Å². The van der Waals surface area contributed by atoms with Crippen LogP contribution in [0.25, 0.3) is 15.9 Å². The number of thiophene rings is 1. The molecule has 0 spiro atoms. The van der Waals surface area contributed by atoms with Crippen LogP contribution in [0.2, 0.25) is 0 Å². The van der Waals surface area contributed by atoms with Gasteiger partial charge < -0.3 is 4.90 Å². The lowest BCUT2D eigenvalue weighted by molar-refractivity contribution is 0.0789. The summed E-state index contributed by atoms with van der Waals surface area (Å²) in [6, 6.07) is 12.0. The van der Waals surface area contributed by atoms with Gasteiger partial charge in [-0.15, -0.1) is 11.3 Å². The van der Waals surface area contributed by atoms with Crippen LogP contribution in [0.1, 0.15) is 32.3 Å².